The molecule has 0 spiro atoms. The maximum atomic E-state index is 13.2. The lowest BCUT2D eigenvalue weighted by molar-refractivity contribution is -0.161. The van der Waals surface area contributed by atoms with Gasteiger partial charge in [0.25, 0.3) is 0 Å². The molecule has 2 aliphatic rings. The number of β-lactam (4-membered cyclic amide) rings is 1. The zero-order chi connectivity index (χ0) is 22.9. The number of hydrogen-bond donors (Lipinski definition) is 3. The minimum Gasteiger partial charge on any atom is -0.480 e. The van der Waals surface area contributed by atoms with Gasteiger partial charge in [0.15, 0.2) is 0 Å². The van der Waals surface area contributed by atoms with Gasteiger partial charge in [-0.2, -0.15) is 0 Å². The van der Waals surface area contributed by atoms with Crippen LogP contribution in [0.25, 0.3) is 0 Å². The maximum Gasteiger partial charge on any atom is 0.327 e. The van der Waals surface area contributed by atoms with Crippen LogP contribution in [0, 0.1) is 0 Å². The summed E-state index contributed by atoms with van der Waals surface area (Å²) in [5, 5.41) is 15.1. The van der Waals surface area contributed by atoms with Crippen LogP contribution in [0.5, 0.6) is 5.75 Å². The third kappa shape index (κ3) is 4.18. The molecule has 0 radical (unpaired) electrons. The summed E-state index contributed by atoms with van der Waals surface area (Å²) in [6, 6.07) is 16.0. The van der Waals surface area contributed by atoms with Crippen LogP contribution >= 0.6 is 11.8 Å². The molecule has 0 unspecified atom stereocenters. The summed E-state index contributed by atoms with van der Waals surface area (Å²) in [5.41, 5.74) is 0.730. The normalized spacial score (nSPS) is 24.2. The highest BCUT2D eigenvalue weighted by atomic mass is 32.2. The molecule has 2 fully saturated rings. The number of ether oxygens (including phenoxy) is 1. The summed E-state index contributed by atoms with van der Waals surface area (Å²) in [6.45, 7) is 3.69. The number of hydrogen-bond acceptors (Lipinski definition) is 6. The minimum absolute atomic E-state index is 0.0913. The number of carbonyl (C=O) groups is 3. The van der Waals surface area contributed by atoms with Crippen LogP contribution in [0.15, 0.2) is 60.7 Å². The number of carbonyl (C=O) groups excluding carboxylic acids is 2. The molecule has 2 aromatic carbocycles. The average molecular weight is 456 g/mol. The van der Waals surface area contributed by atoms with E-state index in [1.807, 2.05) is 60.7 Å². The lowest BCUT2D eigenvalue weighted by Crippen LogP contribution is -2.71. The van der Waals surface area contributed by atoms with Crippen molar-refractivity contribution in [2.75, 3.05) is 6.73 Å². The number of rotatable bonds is 8. The van der Waals surface area contributed by atoms with Gasteiger partial charge in [-0.15, -0.1) is 11.8 Å². The second-order valence-electron chi connectivity index (χ2n) is 8.23. The standard InChI is InChI=1S/C23H25N3O5S/c1-23(2)18(22(29)30)26-20(28)17(21(26)32-23)25-19(27)16(14-9-5-3-6-10-14)24-13-31-15-11-7-4-8-12-15/h3-12,16-18,21,24H,13H2,1-2H3,(H,25,27)(H,29,30)/t16-,17-,18+,21-/m1/s1. The molecule has 9 heteroatoms. The molecule has 0 saturated carbocycles. The Morgan fingerprint density at radius 1 is 1.12 bits per heavy atom. The molecule has 0 aliphatic carbocycles. The molecule has 2 aromatic rings. The van der Waals surface area contributed by atoms with Crippen LogP contribution in [0.3, 0.4) is 0 Å². The first kappa shape index (κ1) is 22.2. The number of thioether (sulfide) groups is 1. The van der Waals surface area contributed by atoms with E-state index in [-0.39, 0.29) is 18.5 Å². The third-order valence-corrected chi connectivity index (χ3v) is 7.21. The minimum atomic E-state index is -1.04. The molecular weight excluding hydrogens is 430 g/mol. The Bertz CT molecular complexity index is 1000. The molecule has 0 aromatic heterocycles. The summed E-state index contributed by atoms with van der Waals surface area (Å²) in [4.78, 5) is 39.0. The van der Waals surface area contributed by atoms with Crippen molar-refractivity contribution in [1.82, 2.24) is 15.5 Å². The Hall–Kier alpha value is -3.04. The van der Waals surface area contributed by atoms with Crippen molar-refractivity contribution in [3.05, 3.63) is 66.2 Å². The molecule has 168 valence electrons. The Morgan fingerprint density at radius 3 is 2.38 bits per heavy atom. The van der Waals surface area contributed by atoms with Crippen molar-refractivity contribution in [3.63, 3.8) is 0 Å². The lowest BCUT2D eigenvalue weighted by atomic mass is 9.95. The van der Waals surface area contributed by atoms with Gasteiger partial charge in [-0.05, 0) is 31.5 Å². The predicted octanol–water partition coefficient (Wildman–Crippen LogP) is 1.99. The van der Waals surface area contributed by atoms with Gasteiger partial charge >= 0.3 is 5.97 Å². The van der Waals surface area contributed by atoms with E-state index in [9.17, 15) is 19.5 Å². The van der Waals surface area contributed by atoms with E-state index in [1.54, 1.807) is 13.8 Å². The van der Waals surface area contributed by atoms with E-state index >= 15 is 0 Å². The summed E-state index contributed by atoms with van der Waals surface area (Å²) < 4.78 is 5.03. The molecule has 4 rings (SSSR count). The molecule has 2 amide bonds. The molecular formula is C23H25N3O5S. The van der Waals surface area contributed by atoms with Gasteiger partial charge in [0, 0.05) is 4.75 Å². The first-order valence-electron chi connectivity index (χ1n) is 10.3. The Morgan fingerprint density at radius 2 is 1.75 bits per heavy atom. The Labute approximate surface area is 190 Å². The molecule has 32 heavy (non-hydrogen) atoms. The van der Waals surface area contributed by atoms with Crippen molar-refractivity contribution in [2.24, 2.45) is 0 Å². The molecule has 4 atom stereocenters. The number of para-hydroxylation sites is 1. The molecule has 2 heterocycles. The first-order valence-corrected chi connectivity index (χ1v) is 11.2. The predicted molar refractivity (Wildman–Crippen MR) is 120 cm³/mol. The summed E-state index contributed by atoms with van der Waals surface area (Å²) >= 11 is 1.39. The fourth-order valence-corrected chi connectivity index (χ4v) is 5.74. The van der Waals surface area contributed by atoms with E-state index in [0.717, 1.165) is 5.56 Å². The van der Waals surface area contributed by atoms with Crippen LogP contribution in [-0.2, 0) is 14.4 Å². The number of carboxylic acids is 1. The average Bonchev–Trinajstić information content (AvgIpc) is 3.04. The SMILES string of the molecule is CC1(C)S[C@@H]2[C@H](NC(=O)[C@H](NCOc3ccccc3)c3ccccc3)C(=O)N2[C@H]1C(=O)O. The number of benzene rings is 2. The van der Waals surface area contributed by atoms with E-state index < -0.39 is 34.2 Å². The zero-order valence-electron chi connectivity index (χ0n) is 17.7. The van der Waals surface area contributed by atoms with Gasteiger partial charge in [0.1, 0.15) is 36.0 Å². The third-order valence-electron chi connectivity index (χ3n) is 5.64. The van der Waals surface area contributed by atoms with Gasteiger partial charge in [0.2, 0.25) is 11.8 Å². The van der Waals surface area contributed by atoms with Crippen LogP contribution in [0.4, 0.5) is 0 Å². The number of amides is 2. The molecule has 8 nitrogen and oxygen atoms in total. The van der Waals surface area contributed by atoms with E-state index in [2.05, 4.69) is 10.6 Å². The number of nitrogens with one attached hydrogen (secondary N) is 2. The molecule has 0 bridgehead atoms. The molecule has 3 N–H and O–H groups in total. The number of carboxylic acid groups (broad SMARTS) is 1. The van der Waals surface area contributed by atoms with Crippen LogP contribution in [0.1, 0.15) is 25.5 Å². The van der Waals surface area contributed by atoms with Crippen molar-refractivity contribution < 1.29 is 24.2 Å². The Balaban J connectivity index is 1.45. The number of fused-ring (bicyclic) bond motifs is 1. The van der Waals surface area contributed by atoms with Gasteiger partial charge in [-0.3, -0.25) is 14.9 Å². The maximum absolute atomic E-state index is 13.2. The number of nitrogens with zero attached hydrogens (tertiary/aromatic N) is 1. The van der Waals surface area contributed by atoms with Crippen molar-refractivity contribution in [3.8, 4) is 5.75 Å². The van der Waals surface area contributed by atoms with Gasteiger partial charge in [-0.1, -0.05) is 48.5 Å². The van der Waals surface area contributed by atoms with Gasteiger partial charge < -0.3 is 20.1 Å². The lowest BCUT2D eigenvalue weighted by Gasteiger charge is -2.44. The molecule has 2 saturated heterocycles. The van der Waals surface area contributed by atoms with Crippen molar-refractivity contribution >= 4 is 29.5 Å². The largest absolute Gasteiger partial charge is 0.480 e. The van der Waals surface area contributed by atoms with Crippen LogP contribution in [0.2, 0.25) is 0 Å². The summed E-state index contributed by atoms with van der Waals surface area (Å²) in [6.07, 6.45) is 0. The van der Waals surface area contributed by atoms with Crippen LogP contribution in [-0.4, -0.2) is 56.7 Å². The van der Waals surface area contributed by atoms with E-state index in [1.165, 1.54) is 16.7 Å². The van der Waals surface area contributed by atoms with E-state index in [4.69, 9.17) is 4.74 Å². The highest BCUT2D eigenvalue weighted by Crippen LogP contribution is 2.50. The van der Waals surface area contributed by atoms with Gasteiger partial charge in [0.05, 0.1) is 0 Å². The van der Waals surface area contributed by atoms with Crippen molar-refractivity contribution in [1.29, 1.82) is 0 Å². The quantitative estimate of drug-likeness (QED) is 0.413. The Kier molecular flexibility index (Phi) is 6.12. The first-order chi connectivity index (χ1) is 15.3. The topological polar surface area (TPSA) is 108 Å². The van der Waals surface area contributed by atoms with Crippen LogP contribution < -0.4 is 15.4 Å². The number of aliphatic carboxylic acids is 1. The second kappa shape index (κ2) is 8.84. The van der Waals surface area contributed by atoms with E-state index in [0.29, 0.717) is 5.75 Å². The molecule has 2 aliphatic heterocycles. The smallest absolute Gasteiger partial charge is 0.327 e. The summed E-state index contributed by atoms with van der Waals surface area (Å²) in [5.74, 6) is -1.12. The highest BCUT2D eigenvalue weighted by molar-refractivity contribution is 8.01. The van der Waals surface area contributed by atoms with Crippen molar-refractivity contribution in [2.45, 2.75) is 42.1 Å². The summed E-state index contributed by atoms with van der Waals surface area (Å²) in [7, 11) is 0. The monoisotopic (exact) mass is 455 g/mol. The second-order valence-corrected chi connectivity index (χ2v) is 10.0. The fraction of sp³-hybridized carbons (Fsp3) is 0.348. The zero-order valence-corrected chi connectivity index (χ0v) is 18.5. The van der Waals surface area contributed by atoms with Gasteiger partial charge in [-0.25, -0.2) is 4.79 Å². The fourth-order valence-electron chi connectivity index (χ4n) is 4.11. The highest BCUT2D eigenvalue weighted by Gasteiger charge is 2.64.